The number of ether oxygens (including phenoxy) is 2. The van der Waals surface area contributed by atoms with Crippen LogP contribution in [0, 0.1) is 0 Å². The van der Waals surface area contributed by atoms with Crippen molar-refractivity contribution < 1.29 is 9.47 Å². The quantitative estimate of drug-likeness (QED) is 0.496. The van der Waals surface area contributed by atoms with Crippen molar-refractivity contribution in [3.05, 3.63) is 59.2 Å². The minimum atomic E-state index is 0.648. The van der Waals surface area contributed by atoms with Gasteiger partial charge in [-0.3, -0.25) is 9.89 Å². The Hall–Kier alpha value is -2.73. The fourth-order valence-electron chi connectivity index (χ4n) is 4.00. The zero-order valence-electron chi connectivity index (χ0n) is 19.1. The van der Waals surface area contributed by atoms with E-state index in [4.69, 9.17) is 9.47 Å². The second-order valence-electron chi connectivity index (χ2n) is 7.93. The average Bonchev–Trinajstić information content (AvgIpc) is 3.08. The molecule has 0 radical (unpaired) electrons. The summed E-state index contributed by atoms with van der Waals surface area (Å²) in [5, 5.41) is 6.85. The van der Waals surface area contributed by atoms with Crippen LogP contribution in [-0.4, -0.2) is 45.2 Å². The summed E-state index contributed by atoms with van der Waals surface area (Å²) in [7, 11) is 5.10. The van der Waals surface area contributed by atoms with Crippen molar-refractivity contribution in [1.82, 2.24) is 15.5 Å². The number of benzene rings is 2. The van der Waals surface area contributed by atoms with Gasteiger partial charge < -0.3 is 20.1 Å². The van der Waals surface area contributed by atoms with E-state index < -0.39 is 0 Å². The smallest absolute Gasteiger partial charge is 0.191 e. The highest BCUT2D eigenvalue weighted by Crippen LogP contribution is 2.27. The molecule has 0 amide bonds. The normalized spacial score (nSPS) is 15.3. The molecule has 1 fully saturated rings. The van der Waals surface area contributed by atoms with Crippen LogP contribution in [0.15, 0.2) is 47.5 Å². The fourth-order valence-corrected chi connectivity index (χ4v) is 4.00. The lowest BCUT2D eigenvalue weighted by Crippen LogP contribution is -2.36. The molecule has 2 aromatic rings. The Morgan fingerprint density at radius 3 is 2.23 bits per heavy atom. The molecule has 0 bridgehead atoms. The molecule has 1 saturated heterocycles. The van der Waals surface area contributed by atoms with Gasteiger partial charge in [0.2, 0.25) is 0 Å². The minimum Gasteiger partial charge on any atom is -0.493 e. The third-order valence-electron chi connectivity index (χ3n) is 5.79. The monoisotopic (exact) mass is 424 g/mol. The van der Waals surface area contributed by atoms with E-state index in [-0.39, 0.29) is 0 Å². The van der Waals surface area contributed by atoms with Crippen LogP contribution >= 0.6 is 0 Å². The molecule has 0 unspecified atom stereocenters. The molecule has 2 aromatic carbocycles. The molecule has 0 saturated carbocycles. The number of nitrogens with one attached hydrogen (secondary N) is 2. The molecule has 1 heterocycles. The molecule has 0 atom stereocenters. The molecule has 0 aliphatic carbocycles. The van der Waals surface area contributed by atoms with Crippen molar-refractivity contribution in [1.29, 1.82) is 0 Å². The summed E-state index contributed by atoms with van der Waals surface area (Å²) >= 11 is 0. The van der Waals surface area contributed by atoms with Crippen molar-refractivity contribution in [2.75, 3.05) is 34.4 Å². The van der Waals surface area contributed by atoms with Gasteiger partial charge in [0.15, 0.2) is 17.5 Å². The zero-order valence-corrected chi connectivity index (χ0v) is 19.1. The summed E-state index contributed by atoms with van der Waals surface area (Å²) in [6.07, 6.45) is 5.35. The second kappa shape index (κ2) is 12.2. The summed E-state index contributed by atoms with van der Waals surface area (Å²) in [6.45, 7) is 4.83. The Morgan fingerprint density at radius 2 is 1.55 bits per heavy atom. The first-order chi connectivity index (χ1) is 15.2. The van der Waals surface area contributed by atoms with Crippen LogP contribution < -0.4 is 20.1 Å². The van der Waals surface area contributed by atoms with Gasteiger partial charge >= 0.3 is 0 Å². The van der Waals surface area contributed by atoms with Crippen LogP contribution in [0.4, 0.5) is 0 Å². The van der Waals surface area contributed by atoms with E-state index in [9.17, 15) is 0 Å². The van der Waals surface area contributed by atoms with Gasteiger partial charge in [-0.25, -0.2) is 0 Å². The van der Waals surface area contributed by atoms with E-state index in [1.807, 2.05) is 18.2 Å². The van der Waals surface area contributed by atoms with E-state index in [2.05, 4.69) is 44.8 Å². The molecule has 168 valence electrons. The lowest BCUT2D eigenvalue weighted by molar-refractivity contribution is 0.276. The van der Waals surface area contributed by atoms with Crippen LogP contribution in [0.1, 0.15) is 42.4 Å². The molecule has 1 aliphatic rings. The van der Waals surface area contributed by atoms with Crippen LogP contribution in [-0.2, 0) is 19.6 Å². The van der Waals surface area contributed by atoms with Crippen molar-refractivity contribution in [2.24, 2.45) is 4.99 Å². The van der Waals surface area contributed by atoms with Crippen LogP contribution in [0.25, 0.3) is 0 Å². The zero-order chi connectivity index (χ0) is 21.9. The molecular formula is C25H36N4O2. The van der Waals surface area contributed by atoms with Crippen molar-refractivity contribution in [3.63, 3.8) is 0 Å². The van der Waals surface area contributed by atoms with Gasteiger partial charge in [-0.2, -0.15) is 0 Å². The van der Waals surface area contributed by atoms with Crippen molar-refractivity contribution in [2.45, 2.75) is 45.3 Å². The maximum atomic E-state index is 5.40. The number of likely N-dealkylation sites (tertiary alicyclic amines) is 1. The van der Waals surface area contributed by atoms with E-state index in [0.29, 0.717) is 6.54 Å². The molecule has 31 heavy (non-hydrogen) atoms. The average molecular weight is 425 g/mol. The highest BCUT2D eigenvalue weighted by molar-refractivity contribution is 5.79. The van der Waals surface area contributed by atoms with Gasteiger partial charge in [-0.05, 0) is 54.8 Å². The Morgan fingerprint density at radius 1 is 0.871 bits per heavy atom. The summed E-state index contributed by atoms with van der Waals surface area (Å²) in [5.74, 6) is 2.24. The van der Waals surface area contributed by atoms with Gasteiger partial charge in [0, 0.05) is 26.7 Å². The standard InChI is InChI=1S/C25H36N4O2/c1-26-25(27-17-20-12-13-23(30-2)24(16-20)31-3)28-18-21-10-6-7-11-22(21)19-29-14-8-4-5-9-15-29/h6-7,10-13,16H,4-5,8-9,14-15,17-19H2,1-3H3,(H2,26,27,28). The number of aliphatic imine (C=N–C) groups is 1. The van der Waals surface area contributed by atoms with Crippen LogP contribution in [0.5, 0.6) is 11.5 Å². The summed E-state index contributed by atoms with van der Waals surface area (Å²) in [4.78, 5) is 6.97. The van der Waals surface area contributed by atoms with Crippen molar-refractivity contribution >= 4 is 5.96 Å². The Bertz CT molecular complexity index is 845. The van der Waals surface area contributed by atoms with Gasteiger partial charge in [-0.15, -0.1) is 0 Å². The van der Waals surface area contributed by atoms with Gasteiger partial charge in [0.05, 0.1) is 14.2 Å². The predicted molar refractivity (Wildman–Crippen MR) is 127 cm³/mol. The second-order valence-corrected chi connectivity index (χ2v) is 7.93. The SMILES string of the molecule is CN=C(NCc1ccc(OC)c(OC)c1)NCc1ccccc1CN1CCCCCC1. The number of nitrogens with zero attached hydrogens (tertiary/aromatic N) is 2. The number of guanidine groups is 1. The predicted octanol–water partition coefficient (Wildman–Crippen LogP) is 3.95. The maximum Gasteiger partial charge on any atom is 0.191 e. The van der Waals surface area contributed by atoms with Gasteiger partial charge in [0.25, 0.3) is 0 Å². The molecule has 6 heteroatoms. The fraction of sp³-hybridized carbons (Fsp3) is 0.480. The molecule has 3 rings (SSSR count). The Labute approximate surface area is 186 Å². The Kier molecular flexibility index (Phi) is 9.03. The first kappa shape index (κ1) is 22.9. The number of methoxy groups -OCH3 is 2. The van der Waals surface area contributed by atoms with Crippen LogP contribution in [0.2, 0.25) is 0 Å². The molecule has 6 nitrogen and oxygen atoms in total. The number of hydrogen-bond acceptors (Lipinski definition) is 4. The minimum absolute atomic E-state index is 0.648. The Balaban J connectivity index is 1.56. The number of rotatable bonds is 8. The highest BCUT2D eigenvalue weighted by atomic mass is 16.5. The van der Waals surface area contributed by atoms with E-state index in [0.717, 1.165) is 36.1 Å². The lowest BCUT2D eigenvalue weighted by Gasteiger charge is -2.22. The van der Waals surface area contributed by atoms with E-state index in [1.165, 1.54) is 49.9 Å². The third-order valence-corrected chi connectivity index (χ3v) is 5.79. The molecular weight excluding hydrogens is 388 g/mol. The van der Waals surface area contributed by atoms with Gasteiger partial charge in [-0.1, -0.05) is 43.2 Å². The molecule has 0 aromatic heterocycles. The highest BCUT2D eigenvalue weighted by Gasteiger charge is 2.12. The topological polar surface area (TPSA) is 58.1 Å². The van der Waals surface area contributed by atoms with E-state index >= 15 is 0 Å². The maximum absolute atomic E-state index is 5.40. The summed E-state index contributed by atoms with van der Waals surface area (Å²) in [5.41, 5.74) is 3.82. The number of hydrogen-bond donors (Lipinski definition) is 2. The first-order valence-corrected chi connectivity index (χ1v) is 11.2. The third kappa shape index (κ3) is 6.89. The lowest BCUT2D eigenvalue weighted by atomic mass is 10.1. The molecule has 2 N–H and O–H groups in total. The summed E-state index contributed by atoms with van der Waals surface area (Å²) in [6, 6.07) is 14.6. The van der Waals surface area contributed by atoms with Crippen LogP contribution in [0.3, 0.4) is 0 Å². The van der Waals surface area contributed by atoms with E-state index in [1.54, 1.807) is 21.3 Å². The molecule has 1 aliphatic heterocycles. The summed E-state index contributed by atoms with van der Waals surface area (Å²) < 4.78 is 10.7. The van der Waals surface area contributed by atoms with Crippen molar-refractivity contribution in [3.8, 4) is 11.5 Å². The first-order valence-electron chi connectivity index (χ1n) is 11.2. The largest absolute Gasteiger partial charge is 0.493 e. The molecule has 0 spiro atoms. The van der Waals surface area contributed by atoms with Gasteiger partial charge in [0.1, 0.15) is 0 Å².